The third kappa shape index (κ3) is 1.21. The van der Waals surface area contributed by atoms with Crippen LogP contribution in [0.3, 0.4) is 0 Å². The fourth-order valence-electron chi connectivity index (χ4n) is 2.38. The summed E-state index contributed by atoms with van der Waals surface area (Å²) < 4.78 is 21.9. The summed E-state index contributed by atoms with van der Waals surface area (Å²) in [6, 6.07) is 0. The van der Waals surface area contributed by atoms with Crippen LogP contribution in [0.1, 0.15) is 6.92 Å². The van der Waals surface area contributed by atoms with Gasteiger partial charge >= 0.3 is 0 Å². The molecule has 4 heteroatoms. The van der Waals surface area contributed by atoms with E-state index < -0.39 is 0 Å². The molecule has 0 spiro atoms. The van der Waals surface area contributed by atoms with E-state index in [0.717, 1.165) is 0 Å². The van der Waals surface area contributed by atoms with Gasteiger partial charge in [-0.15, -0.1) is 0 Å². The first-order chi connectivity index (χ1) is 6.23. The van der Waals surface area contributed by atoms with Crippen molar-refractivity contribution in [2.24, 2.45) is 0 Å². The van der Waals surface area contributed by atoms with E-state index in [4.69, 9.17) is 18.9 Å². The molecular weight excluding hydrogens is 172 g/mol. The highest BCUT2D eigenvalue weighted by molar-refractivity contribution is 5.07. The molecular formula is C9H16O4. The molecule has 2 bridgehead atoms. The second-order valence-electron chi connectivity index (χ2n) is 3.75. The molecule has 2 saturated heterocycles. The molecule has 0 aliphatic carbocycles. The first-order valence-corrected chi connectivity index (χ1v) is 4.54. The highest BCUT2D eigenvalue weighted by Gasteiger charge is 2.60. The summed E-state index contributed by atoms with van der Waals surface area (Å²) in [5, 5.41) is 0. The Hall–Kier alpha value is -0.160. The summed E-state index contributed by atoms with van der Waals surface area (Å²) in [6.07, 6.45) is 0.191. The number of rotatable bonds is 3. The Morgan fingerprint density at radius 3 is 2.77 bits per heavy atom. The van der Waals surface area contributed by atoms with Crippen LogP contribution in [0.15, 0.2) is 0 Å². The summed E-state index contributed by atoms with van der Waals surface area (Å²) in [4.78, 5) is 0. The van der Waals surface area contributed by atoms with Crippen LogP contribution in [0, 0.1) is 0 Å². The van der Waals surface area contributed by atoms with Crippen LogP contribution >= 0.6 is 0 Å². The molecule has 2 heterocycles. The molecule has 2 unspecified atom stereocenters. The normalized spacial score (nSPS) is 48.7. The standard InChI is InChI=1S/C9H16O4/c1-6-7-8(11-3)9(13-6,4-10-2)5-12-7/h6-8H,4-5H2,1-3H3/t6-,7?,8-,9?/m0/s1. The second-order valence-corrected chi connectivity index (χ2v) is 3.75. The van der Waals surface area contributed by atoms with Gasteiger partial charge in [0.25, 0.3) is 0 Å². The van der Waals surface area contributed by atoms with Gasteiger partial charge in [0.1, 0.15) is 17.8 Å². The molecule has 2 aliphatic heterocycles. The van der Waals surface area contributed by atoms with Gasteiger partial charge in [-0.05, 0) is 6.92 Å². The van der Waals surface area contributed by atoms with Gasteiger partial charge in [0, 0.05) is 14.2 Å². The van der Waals surface area contributed by atoms with Gasteiger partial charge in [0.2, 0.25) is 0 Å². The summed E-state index contributed by atoms with van der Waals surface area (Å²) in [6.45, 7) is 3.12. The summed E-state index contributed by atoms with van der Waals surface area (Å²) >= 11 is 0. The minimum Gasteiger partial charge on any atom is -0.381 e. The number of ether oxygens (including phenoxy) is 4. The quantitative estimate of drug-likeness (QED) is 0.634. The summed E-state index contributed by atoms with van der Waals surface area (Å²) in [7, 11) is 3.36. The third-order valence-electron chi connectivity index (χ3n) is 2.86. The predicted molar refractivity (Wildman–Crippen MR) is 45.7 cm³/mol. The average Bonchev–Trinajstić information content (AvgIpc) is 2.55. The zero-order chi connectivity index (χ0) is 9.47. The van der Waals surface area contributed by atoms with Crippen molar-refractivity contribution in [3.05, 3.63) is 0 Å². The van der Waals surface area contributed by atoms with Crippen molar-refractivity contribution in [1.29, 1.82) is 0 Å². The molecule has 76 valence electrons. The Labute approximate surface area is 78.1 Å². The van der Waals surface area contributed by atoms with Crippen LogP contribution in [-0.2, 0) is 18.9 Å². The molecule has 0 aromatic carbocycles. The number of methoxy groups -OCH3 is 2. The molecule has 0 N–H and O–H groups in total. The van der Waals surface area contributed by atoms with Crippen molar-refractivity contribution in [3.63, 3.8) is 0 Å². The Kier molecular flexibility index (Phi) is 2.32. The average molecular weight is 188 g/mol. The van der Waals surface area contributed by atoms with Gasteiger partial charge in [-0.25, -0.2) is 0 Å². The smallest absolute Gasteiger partial charge is 0.144 e. The van der Waals surface area contributed by atoms with Gasteiger partial charge in [-0.2, -0.15) is 0 Å². The van der Waals surface area contributed by atoms with E-state index in [0.29, 0.717) is 13.2 Å². The highest BCUT2D eigenvalue weighted by atomic mass is 16.7. The molecule has 0 radical (unpaired) electrons. The van der Waals surface area contributed by atoms with Crippen LogP contribution in [0.5, 0.6) is 0 Å². The fraction of sp³-hybridized carbons (Fsp3) is 1.00. The van der Waals surface area contributed by atoms with Crippen LogP contribution in [0.4, 0.5) is 0 Å². The molecule has 4 atom stereocenters. The van der Waals surface area contributed by atoms with Gasteiger partial charge in [0.15, 0.2) is 0 Å². The van der Waals surface area contributed by atoms with E-state index >= 15 is 0 Å². The number of fused-ring (bicyclic) bond motifs is 2. The third-order valence-corrected chi connectivity index (χ3v) is 2.86. The van der Waals surface area contributed by atoms with E-state index in [9.17, 15) is 0 Å². The SMILES string of the molecule is COCC12COC([C@H](C)O1)[C@@H]2OC. The maximum absolute atomic E-state index is 5.82. The number of hydrogen-bond donors (Lipinski definition) is 0. The molecule has 2 aliphatic rings. The minimum absolute atomic E-state index is 0.0162. The fourth-order valence-corrected chi connectivity index (χ4v) is 2.38. The summed E-state index contributed by atoms with van der Waals surface area (Å²) in [5.74, 6) is 0. The Balaban J connectivity index is 2.17. The Morgan fingerprint density at radius 2 is 2.23 bits per heavy atom. The molecule has 0 amide bonds. The molecule has 0 aromatic heterocycles. The number of hydrogen-bond acceptors (Lipinski definition) is 4. The zero-order valence-corrected chi connectivity index (χ0v) is 8.28. The predicted octanol–water partition coefficient (Wildman–Crippen LogP) is 0.204. The van der Waals surface area contributed by atoms with Gasteiger partial charge in [0.05, 0.1) is 19.3 Å². The highest BCUT2D eigenvalue weighted by Crippen LogP contribution is 2.41. The van der Waals surface area contributed by atoms with E-state index in [1.165, 1.54) is 0 Å². The van der Waals surface area contributed by atoms with Crippen LogP contribution < -0.4 is 0 Å². The lowest BCUT2D eigenvalue weighted by molar-refractivity contribution is -0.161. The molecule has 0 aromatic rings. The van der Waals surface area contributed by atoms with Crippen molar-refractivity contribution in [2.75, 3.05) is 27.4 Å². The van der Waals surface area contributed by atoms with E-state index in [-0.39, 0.29) is 23.9 Å². The Bertz CT molecular complexity index is 196. The van der Waals surface area contributed by atoms with Crippen molar-refractivity contribution < 1.29 is 18.9 Å². The lowest BCUT2D eigenvalue weighted by atomic mass is 10.00. The van der Waals surface area contributed by atoms with Gasteiger partial charge < -0.3 is 18.9 Å². The topological polar surface area (TPSA) is 36.9 Å². The minimum atomic E-state index is -0.367. The maximum atomic E-state index is 5.82. The first-order valence-electron chi connectivity index (χ1n) is 4.54. The van der Waals surface area contributed by atoms with Crippen LogP contribution in [-0.4, -0.2) is 51.3 Å². The monoisotopic (exact) mass is 188 g/mol. The maximum Gasteiger partial charge on any atom is 0.144 e. The first kappa shape index (κ1) is 9.40. The van der Waals surface area contributed by atoms with Crippen LogP contribution in [0.2, 0.25) is 0 Å². The van der Waals surface area contributed by atoms with Gasteiger partial charge in [-0.3, -0.25) is 0 Å². The zero-order valence-electron chi connectivity index (χ0n) is 8.28. The molecule has 2 fully saturated rings. The van der Waals surface area contributed by atoms with Gasteiger partial charge in [-0.1, -0.05) is 0 Å². The van der Waals surface area contributed by atoms with E-state index in [1.807, 2.05) is 6.92 Å². The lowest BCUT2D eigenvalue weighted by Gasteiger charge is -2.29. The molecule has 2 rings (SSSR count). The molecule has 0 saturated carbocycles. The van der Waals surface area contributed by atoms with E-state index in [2.05, 4.69) is 0 Å². The largest absolute Gasteiger partial charge is 0.381 e. The summed E-state index contributed by atoms with van der Waals surface area (Å²) in [5.41, 5.74) is -0.367. The van der Waals surface area contributed by atoms with Crippen molar-refractivity contribution in [3.8, 4) is 0 Å². The second kappa shape index (κ2) is 3.20. The lowest BCUT2D eigenvalue weighted by Crippen LogP contribution is -2.45. The van der Waals surface area contributed by atoms with E-state index in [1.54, 1.807) is 14.2 Å². The van der Waals surface area contributed by atoms with Crippen molar-refractivity contribution >= 4 is 0 Å². The Morgan fingerprint density at radius 1 is 1.46 bits per heavy atom. The van der Waals surface area contributed by atoms with Crippen molar-refractivity contribution in [2.45, 2.75) is 30.8 Å². The molecule has 13 heavy (non-hydrogen) atoms. The van der Waals surface area contributed by atoms with Crippen molar-refractivity contribution in [1.82, 2.24) is 0 Å². The van der Waals surface area contributed by atoms with Crippen LogP contribution in [0.25, 0.3) is 0 Å². The molecule has 4 nitrogen and oxygen atoms in total.